The molecule has 0 aromatic heterocycles. The van der Waals surface area contributed by atoms with Crippen molar-refractivity contribution >= 4 is 17.3 Å². The number of ether oxygens (including phenoxy) is 1. The van der Waals surface area contributed by atoms with Crippen LogP contribution in [0.3, 0.4) is 0 Å². The summed E-state index contributed by atoms with van der Waals surface area (Å²) in [7, 11) is 0. The lowest BCUT2D eigenvalue weighted by Gasteiger charge is -2.12. The van der Waals surface area contributed by atoms with Gasteiger partial charge in [0, 0.05) is 17.3 Å². The molecule has 0 spiro atoms. The van der Waals surface area contributed by atoms with E-state index in [1.165, 1.54) is 11.1 Å². The molecule has 0 amide bonds. The molecule has 0 fully saturated rings. The van der Waals surface area contributed by atoms with Gasteiger partial charge < -0.3 is 10.1 Å². The van der Waals surface area contributed by atoms with Gasteiger partial charge >= 0.3 is 0 Å². The van der Waals surface area contributed by atoms with Crippen molar-refractivity contribution in [2.75, 3.05) is 18.5 Å². The molecule has 0 aliphatic rings. The molecule has 0 unspecified atom stereocenters. The van der Waals surface area contributed by atoms with Crippen molar-refractivity contribution in [3.8, 4) is 5.75 Å². The Hall–Kier alpha value is -1.67. The number of halogens is 1. The van der Waals surface area contributed by atoms with Gasteiger partial charge in [0.1, 0.15) is 12.4 Å². The second kappa shape index (κ2) is 6.67. The molecule has 0 aliphatic heterocycles. The topological polar surface area (TPSA) is 21.3 Å². The lowest BCUT2D eigenvalue weighted by molar-refractivity contribution is 0.330. The molecule has 20 heavy (non-hydrogen) atoms. The van der Waals surface area contributed by atoms with Gasteiger partial charge in [0.05, 0.1) is 0 Å². The third-order valence-electron chi connectivity index (χ3n) is 3.19. The second-order valence-corrected chi connectivity index (χ2v) is 5.44. The highest BCUT2D eigenvalue weighted by Crippen LogP contribution is 2.21. The van der Waals surface area contributed by atoms with Crippen molar-refractivity contribution in [1.29, 1.82) is 0 Å². The minimum absolute atomic E-state index is 0.621. The molecule has 2 aromatic rings. The molecule has 106 valence electrons. The summed E-state index contributed by atoms with van der Waals surface area (Å²) in [4.78, 5) is 0. The van der Waals surface area contributed by atoms with E-state index in [1.54, 1.807) is 0 Å². The maximum Gasteiger partial charge on any atom is 0.122 e. The number of benzene rings is 2. The van der Waals surface area contributed by atoms with Crippen molar-refractivity contribution in [2.24, 2.45) is 0 Å². The third-order valence-corrected chi connectivity index (χ3v) is 3.43. The SMILES string of the molecule is Cc1ccc(NCCOc2ccc(Cl)cc2C)c(C)c1. The van der Waals surface area contributed by atoms with E-state index in [2.05, 4.69) is 37.4 Å². The monoisotopic (exact) mass is 289 g/mol. The number of hydrogen-bond acceptors (Lipinski definition) is 2. The number of anilines is 1. The van der Waals surface area contributed by atoms with Crippen LogP contribution >= 0.6 is 11.6 Å². The van der Waals surface area contributed by atoms with Crippen LogP contribution in [0.15, 0.2) is 36.4 Å². The maximum atomic E-state index is 5.92. The van der Waals surface area contributed by atoms with E-state index in [0.29, 0.717) is 6.61 Å². The first-order valence-corrected chi connectivity index (χ1v) is 7.14. The van der Waals surface area contributed by atoms with Crippen molar-refractivity contribution in [1.82, 2.24) is 0 Å². The summed E-state index contributed by atoms with van der Waals surface area (Å²) in [5, 5.41) is 4.13. The quantitative estimate of drug-likeness (QED) is 0.802. The Labute approximate surface area is 125 Å². The summed E-state index contributed by atoms with van der Waals surface area (Å²) in [5.41, 5.74) is 4.75. The van der Waals surface area contributed by atoms with Gasteiger partial charge in [-0.1, -0.05) is 29.3 Å². The standard InChI is InChI=1S/C17H20ClNO/c1-12-4-6-16(13(2)10-12)19-8-9-20-17-7-5-15(18)11-14(17)3/h4-7,10-11,19H,8-9H2,1-3H3. The summed E-state index contributed by atoms with van der Waals surface area (Å²) >= 11 is 5.92. The van der Waals surface area contributed by atoms with Gasteiger partial charge in [0.2, 0.25) is 0 Å². The van der Waals surface area contributed by atoms with Crippen LogP contribution in [-0.4, -0.2) is 13.2 Å². The van der Waals surface area contributed by atoms with Crippen LogP contribution < -0.4 is 10.1 Å². The molecule has 2 aromatic carbocycles. The highest BCUT2D eigenvalue weighted by atomic mass is 35.5. The molecule has 1 N–H and O–H groups in total. The van der Waals surface area contributed by atoms with Gasteiger partial charge in [0.15, 0.2) is 0 Å². The predicted molar refractivity (Wildman–Crippen MR) is 86.1 cm³/mol. The van der Waals surface area contributed by atoms with Crippen LogP contribution in [0.25, 0.3) is 0 Å². The Morgan fingerprint density at radius 3 is 2.50 bits per heavy atom. The average molecular weight is 290 g/mol. The third kappa shape index (κ3) is 3.91. The van der Waals surface area contributed by atoms with E-state index >= 15 is 0 Å². The summed E-state index contributed by atoms with van der Waals surface area (Å²) in [5.74, 6) is 0.886. The Balaban J connectivity index is 1.84. The maximum absolute atomic E-state index is 5.92. The van der Waals surface area contributed by atoms with E-state index in [-0.39, 0.29) is 0 Å². The van der Waals surface area contributed by atoms with E-state index in [4.69, 9.17) is 16.3 Å². The first kappa shape index (κ1) is 14.7. The molecule has 0 heterocycles. The first-order chi connectivity index (χ1) is 9.56. The number of aryl methyl sites for hydroxylation is 3. The Morgan fingerprint density at radius 2 is 1.80 bits per heavy atom. The molecular weight excluding hydrogens is 270 g/mol. The Morgan fingerprint density at radius 1 is 1.00 bits per heavy atom. The smallest absolute Gasteiger partial charge is 0.122 e. The van der Waals surface area contributed by atoms with Crippen molar-refractivity contribution in [3.63, 3.8) is 0 Å². The zero-order valence-corrected chi connectivity index (χ0v) is 12.9. The van der Waals surface area contributed by atoms with Crippen molar-refractivity contribution in [2.45, 2.75) is 20.8 Å². The highest BCUT2D eigenvalue weighted by Gasteiger charge is 2.01. The van der Waals surface area contributed by atoms with Gasteiger partial charge in [-0.2, -0.15) is 0 Å². The fourth-order valence-electron chi connectivity index (χ4n) is 2.13. The van der Waals surface area contributed by atoms with Crippen LogP contribution in [0, 0.1) is 20.8 Å². The van der Waals surface area contributed by atoms with Crippen LogP contribution in [0.1, 0.15) is 16.7 Å². The van der Waals surface area contributed by atoms with Crippen LogP contribution in [-0.2, 0) is 0 Å². The lowest BCUT2D eigenvalue weighted by atomic mass is 10.1. The first-order valence-electron chi connectivity index (χ1n) is 6.76. The molecule has 2 nitrogen and oxygen atoms in total. The van der Waals surface area contributed by atoms with E-state index in [0.717, 1.165) is 28.6 Å². The molecule has 0 aliphatic carbocycles. The molecule has 0 radical (unpaired) electrons. The molecular formula is C17H20ClNO. The minimum Gasteiger partial charge on any atom is -0.491 e. The molecule has 3 heteroatoms. The summed E-state index contributed by atoms with van der Waals surface area (Å²) < 4.78 is 5.76. The average Bonchev–Trinajstić information content (AvgIpc) is 2.39. The van der Waals surface area contributed by atoms with E-state index < -0.39 is 0 Å². The number of nitrogens with one attached hydrogen (secondary N) is 1. The highest BCUT2D eigenvalue weighted by molar-refractivity contribution is 6.30. The fourth-order valence-corrected chi connectivity index (χ4v) is 2.36. The van der Waals surface area contributed by atoms with Gasteiger partial charge in [-0.05, 0) is 56.2 Å². The zero-order chi connectivity index (χ0) is 14.5. The molecule has 2 rings (SSSR count). The van der Waals surface area contributed by atoms with E-state index in [1.807, 2.05) is 25.1 Å². The zero-order valence-electron chi connectivity index (χ0n) is 12.2. The summed E-state index contributed by atoms with van der Waals surface area (Å²) in [6.45, 7) is 7.60. The summed E-state index contributed by atoms with van der Waals surface area (Å²) in [6, 6.07) is 12.1. The second-order valence-electron chi connectivity index (χ2n) is 5.00. The fraction of sp³-hybridized carbons (Fsp3) is 0.294. The van der Waals surface area contributed by atoms with Gasteiger partial charge in [0.25, 0.3) is 0 Å². The van der Waals surface area contributed by atoms with Gasteiger partial charge in [-0.15, -0.1) is 0 Å². The largest absolute Gasteiger partial charge is 0.491 e. The summed E-state index contributed by atoms with van der Waals surface area (Å²) in [6.07, 6.45) is 0. The van der Waals surface area contributed by atoms with Gasteiger partial charge in [-0.3, -0.25) is 0 Å². The normalized spacial score (nSPS) is 10.4. The number of rotatable bonds is 5. The van der Waals surface area contributed by atoms with Crippen LogP contribution in [0.5, 0.6) is 5.75 Å². The molecule has 0 bridgehead atoms. The predicted octanol–water partition coefficient (Wildman–Crippen LogP) is 4.76. The molecule has 0 saturated heterocycles. The number of hydrogen-bond donors (Lipinski definition) is 1. The lowest BCUT2D eigenvalue weighted by Crippen LogP contribution is -2.12. The van der Waals surface area contributed by atoms with E-state index in [9.17, 15) is 0 Å². The van der Waals surface area contributed by atoms with Crippen molar-refractivity contribution < 1.29 is 4.74 Å². The Bertz CT molecular complexity index is 542. The Kier molecular flexibility index (Phi) is 4.91. The van der Waals surface area contributed by atoms with Gasteiger partial charge in [-0.25, -0.2) is 0 Å². The van der Waals surface area contributed by atoms with Crippen LogP contribution in [0.4, 0.5) is 5.69 Å². The van der Waals surface area contributed by atoms with Crippen molar-refractivity contribution in [3.05, 3.63) is 58.1 Å². The molecule has 0 atom stereocenters. The van der Waals surface area contributed by atoms with Crippen LogP contribution in [0.2, 0.25) is 5.02 Å². The minimum atomic E-state index is 0.621. The molecule has 0 saturated carbocycles.